The summed E-state index contributed by atoms with van der Waals surface area (Å²) in [6, 6.07) is 1.97. The van der Waals surface area contributed by atoms with E-state index in [2.05, 4.69) is 17.0 Å². The summed E-state index contributed by atoms with van der Waals surface area (Å²) in [4.78, 5) is 1.23. The van der Waals surface area contributed by atoms with Crippen molar-refractivity contribution in [1.29, 1.82) is 0 Å². The Bertz CT molecular complexity index is 124. The van der Waals surface area contributed by atoms with Crippen molar-refractivity contribution in [2.45, 2.75) is 5.75 Å². The molecule has 0 atom stereocenters. The predicted molar refractivity (Wildman–Crippen MR) is 34.8 cm³/mol. The molecule has 0 bridgehead atoms. The Balaban J connectivity index is 2.76. The molecule has 0 aliphatic heterocycles. The molecule has 1 aromatic heterocycles. The Morgan fingerprint density at radius 3 is 3.00 bits per heavy atom. The zero-order chi connectivity index (χ0) is 5.11. The summed E-state index contributed by atoms with van der Waals surface area (Å²) in [5.74, 6) is 0.810. The average molecular weight is 131 g/mol. The Hall–Kier alpha value is -0.0200. The molecule has 1 rings (SSSR count). The van der Waals surface area contributed by atoms with Crippen LogP contribution in [-0.2, 0) is 5.75 Å². The quantitative estimate of drug-likeness (QED) is 0.571. The Kier molecular flexibility index (Phi) is 1.70. The minimum atomic E-state index is 0.810. The van der Waals surface area contributed by atoms with Crippen molar-refractivity contribution in [3.8, 4) is 0 Å². The molecule has 3 heteroatoms. The van der Waals surface area contributed by atoms with Gasteiger partial charge in [-0.2, -0.15) is 12.6 Å². The summed E-state index contributed by atoms with van der Waals surface area (Å²) in [6.07, 6.45) is 1.79. The topological polar surface area (TPSA) is 12.9 Å². The van der Waals surface area contributed by atoms with Crippen LogP contribution in [-0.4, -0.2) is 4.37 Å². The normalized spacial score (nSPS) is 9.29. The van der Waals surface area contributed by atoms with E-state index in [4.69, 9.17) is 0 Å². The first-order valence-electron chi connectivity index (χ1n) is 1.94. The molecular weight excluding hydrogens is 126 g/mol. The summed E-state index contributed by atoms with van der Waals surface area (Å²) in [5.41, 5.74) is 0. The molecule has 38 valence electrons. The summed E-state index contributed by atoms with van der Waals surface area (Å²) in [7, 11) is 0. The van der Waals surface area contributed by atoms with Gasteiger partial charge in [-0.1, -0.05) is 0 Å². The van der Waals surface area contributed by atoms with E-state index in [-0.39, 0.29) is 0 Å². The molecule has 0 radical (unpaired) electrons. The Morgan fingerprint density at radius 2 is 2.71 bits per heavy atom. The molecule has 7 heavy (non-hydrogen) atoms. The molecule has 1 nitrogen and oxygen atoms in total. The molecular formula is C4H5NS2. The minimum absolute atomic E-state index is 0.810. The third-order valence-electron chi connectivity index (χ3n) is 0.647. The second-order valence-electron chi connectivity index (χ2n) is 1.14. The summed E-state index contributed by atoms with van der Waals surface area (Å²) in [6.45, 7) is 0. The molecule has 0 N–H and O–H groups in total. The fraction of sp³-hybridized carbons (Fsp3) is 0.250. The van der Waals surface area contributed by atoms with Crippen molar-refractivity contribution in [3.63, 3.8) is 0 Å². The largest absolute Gasteiger partial charge is 0.201 e. The van der Waals surface area contributed by atoms with E-state index in [0.29, 0.717) is 0 Å². The lowest BCUT2D eigenvalue weighted by atomic mass is 10.6. The molecule has 0 fully saturated rings. The SMILES string of the molecule is SCc1ccns1. The van der Waals surface area contributed by atoms with Gasteiger partial charge in [-0.25, -0.2) is 4.37 Å². The lowest BCUT2D eigenvalue weighted by Crippen LogP contribution is -1.59. The third-order valence-corrected chi connectivity index (χ3v) is 1.94. The van der Waals surface area contributed by atoms with Gasteiger partial charge in [-0.15, -0.1) is 0 Å². The fourth-order valence-electron chi connectivity index (χ4n) is 0.324. The van der Waals surface area contributed by atoms with Crippen molar-refractivity contribution in [3.05, 3.63) is 17.1 Å². The van der Waals surface area contributed by atoms with E-state index in [0.717, 1.165) is 5.75 Å². The van der Waals surface area contributed by atoms with E-state index in [1.165, 1.54) is 16.4 Å². The van der Waals surface area contributed by atoms with Gasteiger partial charge in [0.2, 0.25) is 0 Å². The second kappa shape index (κ2) is 2.33. The van der Waals surface area contributed by atoms with E-state index < -0.39 is 0 Å². The third kappa shape index (κ3) is 1.17. The maximum Gasteiger partial charge on any atom is 0.0410 e. The number of nitrogens with zero attached hydrogens (tertiary/aromatic N) is 1. The first-order chi connectivity index (χ1) is 3.43. The van der Waals surface area contributed by atoms with Crippen molar-refractivity contribution >= 4 is 24.2 Å². The summed E-state index contributed by atoms with van der Waals surface area (Å²) < 4.78 is 3.89. The van der Waals surface area contributed by atoms with Gasteiger partial charge in [0.05, 0.1) is 0 Å². The molecule has 0 unspecified atom stereocenters. The minimum Gasteiger partial charge on any atom is -0.201 e. The molecule has 0 saturated carbocycles. The van der Waals surface area contributed by atoms with Crippen LogP contribution >= 0.6 is 24.2 Å². The monoisotopic (exact) mass is 131 g/mol. The van der Waals surface area contributed by atoms with Crippen LogP contribution in [0.2, 0.25) is 0 Å². The van der Waals surface area contributed by atoms with Gasteiger partial charge in [0.25, 0.3) is 0 Å². The van der Waals surface area contributed by atoms with Gasteiger partial charge in [-0.3, -0.25) is 0 Å². The summed E-state index contributed by atoms with van der Waals surface area (Å²) >= 11 is 5.54. The van der Waals surface area contributed by atoms with Crippen molar-refractivity contribution in [1.82, 2.24) is 4.37 Å². The molecule has 1 heterocycles. The Labute approximate surface area is 52.0 Å². The maximum absolute atomic E-state index is 4.05. The molecule has 0 amide bonds. The van der Waals surface area contributed by atoms with Crippen LogP contribution in [0.15, 0.2) is 12.3 Å². The number of thiol groups is 1. The molecule has 1 aromatic rings. The van der Waals surface area contributed by atoms with Crippen LogP contribution in [0.4, 0.5) is 0 Å². The number of hydrogen-bond acceptors (Lipinski definition) is 3. The first kappa shape index (κ1) is 5.12. The van der Waals surface area contributed by atoms with E-state index in [1.54, 1.807) is 6.20 Å². The average Bonchev–Trinajstić information content (AvgIpc) is 2.14. The van der Waals surface area contributed by atoms with Gasteiger partial charge in [0, 0.05) is 16.8 Å². The highest BCUT2D eigenvalue weighted by Gasteiger charge is 1.85. The van der Waals surface area contributed by atoms with Gasteiger partial charge in [0.15, 0.2) is 0 Å². The summed E-state index contributed by atoms with van der Waals surface area (Å²) in [5, 5.41) is 0. The van der Waals surface area contributed by atoms with E-state index in [9.17, 15) is 0 Å². The molecule has 0 aromatic carbocycles. The molecule has 0 saturated heterocycles. The lowest BCUT2D eigenvalue weighted by Gasteiger charge is -1.75. The van der Waals surface area contributed by atoms with Crippen LogP contribution in [0.25, 0.3) is 0 Å². The standard InChI is InChI=1S/C4H5NS2/c6-3-4-1-2-5-7-4/h1-2,6H,3H2. The van der Waals surface area contributed by atoms with Crippen LogP contribution < -0.4 is 0 Å². The van der Waals surface area contributed by atoms with E-state index >= 15 is 0 Å². The van der Waals surface area contributed by atoms with Gasteiger partial charge >= 0.3 is 0 Å². The van der Waals surface area contributed by atoms with Crippen molar-refractivity contribution in [2.75, 3.05) is 0 Å². The van der Waals surface area contributed by atoms with Gasteiger partial charge in [-0.05, 0) is 17.6 Å². The first-order valence-corrected chi connectivity index (χ1v) is 3.34. The highest BCUT2D eigenvalue weighted by atomic mass is 32.1. The van der Waals surface area contributed by atoms with Crippen LogP contribution in [0, 0.1) is 0 Å². The highest BCUT2D eigenvalue weighted by Crippen LogP contribution is 2.05. The molecule has 0 spiro atoms. The van der Waals surface area contributed by atoms with Crippen LogP contribution in [0.3, 0.4) is 0 Å². The maximum atomic E-state index is 4.05. The number of rotatable bonds is 1. The Morgan fingerprint density at radius 1 is 1.86 bits per heavy atom. The number of hydrogen-bond donors (Lipinski definition) is 1. The van der Waals surface area contributed by atoms with Crippen molar-refractivity contribution in [2.24, 2.45) is 0 Å². The van der Waals surface area contributed by atoms with E-state index in [1.807, 2.05) is 6.07 Å². The zero-order valence-corrected chi connectivity index (χ0v) is 5.38. The molecule has 0 aliphatic rings. The molecule has 0 aliphatic carbocycles. The highest BCUT2D eigenvalue weighted by molar-refractivity contribution is 7.79. The van der Waals surface area contributed by atoms with Crippen LogP contribution in [0.1, 0.15) is 4.88 Å². The second-order valence-corrected chi connectivity index (χ2v) is 2.37. The van der Waals surface area contributed by atoms with Crippen molar-refractivity contribution < 1.29 is 0 Å². The predicted octanol–water partition coefficient (Wildman–Crippen LogP) is 1.57. The lowest BCUT2D eigenvalue weighted by molar-refractivity contribution is 1.54. The van der Waals surface area contributed by atoms with Crippen LogP contribution in [0.5, 0.6) is 0 Å². The smallest absolute Gasteiger partial charge is 0.0410 e. The van der Waals surface area contributed by atoms with Gasteiger partial charge < -0.3 is 0 Å². The fourth-order valence-corrected chi connectivity index (χ4v) is 1.04. The zero-order valence-electron chi connectivity index (χ0n) is 3.66. The number of aromatic nitrogens is 1. The van der Waals surface area contributed by atoms with Gasteiger partial charge in [0.1, 0.15) is 0 Å².